The second kappa shape index (κ2) is 6.03. The van der Waals surface area contributed by atoms with E-state index in [0.717, 1.165) is 4.90 Å². The van der Waals surface area contributed by atoms with E-state index in [9.17, 15) is 23.1 Å². The molecule has 124 valence electrons. The fraction of sp³-hybridized carbons (Fsp3) is 0.467. The molecule has 1 aromatic rings. The summed E-state index contributed by atoms with van der Waals surface area (Å²) in [5, 5.41) is 10.4. The van der Waals surface area contributed by atoms with Gasteiger partial charge in [0.15, 0.2) is 0 Å². The summed E-state index contributed by atoms with van der Waals surface area (Å²) < 4.78 is 23.8. The van der Waals surface area contributed by atoms with Gasteiger partial charge in [-0.3, -0.25) is 14.5 Å². The Morgan fingerprint density at radius 3 is 2.17 bits per heavy atom. The first-order valence-corrected chi connectivity index (χ1v) is 8.60. The van der Waals surface area contributed by atoms with Crippen molar-refractivity contribution in [2.75, 3.05) is 6.54 Å². The molecule has 0 radical (unpaired) electrons. The van der Waals surface area contributed by atoms with Crippen LogP contribution in [0.5, 0.6) is 0 Å². The monoisotopic (exact) mass is 338 g/mol. The van der Waals surface area contributed by atoms with E-state index >= 15 is 0 Å². The lowest BCUT2D eigenvalue weighted by molar-refractivity contribution is 0.0321. The van der Waals surface area contributed by atoms with Crippen LogP contribution in [0.25, 0.3) is 0 Å². The maximum Gasteiger partial charge on any atom is 0.261 e. The molecule has 3 rings (SSSR count). The Morgan fingerprint density at radius 2 is 1.65 bits per heavy atom. The first kappa shape index (κ1) is 16.1. The van der Waals surface area contributed by atoms with Crippen LogP contribution in [0, 0.1) is 0 Å². The maximum atomic E-state index is 12.5. The summed E-state index contributed by atoms with van der Waals surface area (Å²) in [6, 6.07) is 5.55. The SMILES string of the molecule is C[C@@H]1CC[C@H](N2C(=O)c3ccccc3C2=O)[C@@H](O)CN1[SH](=O)=O. The van der Waals surface area contributed by atoms with Gasteiger partial charge >= 0.3 is 0 Å². The predicted molar refractivity (Wildman–Crippen MR) is 82.5 cm³/mol. The van der Waals surface area contributed by atoms with Gasteiger partial charge in [-0.05, 0) is 31.9 Å². The van der Waals surface area contributed by atoms with Gasteiger partial charge in [0, 0.05) is 12.6 Å². The Labute approximate surface area is 135 Å². The third-order valence-electron chi connectivity index (χ3n) is 4.57. The van der Waals surface area contributed by atoms with E-state index in [-0.39, 0.29) is 12.6 Å². The van der Waals surface area contributed by atoms with Crippen LogP contribution in [0.4, 0.5) is 0 Å². The number of benzene rings is 1. The number of carbonyl (C=O) groups is 2. The maximum absolute atomic E-state index is 12.5. The van der Waals surface area contributed by atoms with Crippen LogP contribution in [0.2, 0.25) is 0 Å². The van der Waals surface area contributed by atoms with Gasteiger partial charge < -0.3 is 5.11 Å². The van der Waals surface area contributed by atoms with Crippen molar-refractivity contribution >= 4 is 22.7 Å². The van der Waals surface area contributed by atoms with Gasteiger partial charge in [-0.15, -0.1) is 0 Å². The van der Waals surface area contributed by atoms with E-state index in [1.807, 2.05) is 0 Å². The topological polar surface area (TPSA) is 95.0 Å². The van der Waals surface area contributed by atoms with Gasteiger partial charge in [0.1, 0.15) is 0 Å². The average molecular weight is 338 g/mol. The molecule has 8 heteroatoms. The molecule has 2 amide bonds. The average Bonchev–Trinajstić information content (AvgIpc) is 2.67. The number of aliphatic hydroxyl groups excluding tert-OH is 1. The minimum Gasteiger partial charge on any atom is -0.390 e. The summed E-state index contributed by atoms with van der Waals surface area (Å²) in [4.78, 5) is 26.1. The number of hydrogen-bond acceptors (Lipinski definition) is 5. The highest BCUT2D eigenvalue weighted by molar-refractivity contribution is 7.69. The van der Waals surface area contributed by atoms with Crippen molar-refractivity contribution in [2.45, 2.75) is 38.0 Å². The second-order valence-electron chi connectivity index (χ2n) is 5.95. The van der Waals surface area contributed by atoms with Crippen LogP contribution in [-0.2, 0) is 10.9 Å². The minimum atomic E-state index is -2.82. The Morgan fingerprint density at radius 1 is 1.09 bits per heavy atom. The van der Waals surface area contributed by atoms with Crippen LogP contribution in [-0.4, -0.2) is 59.3 Å². The zero-order valence-corrected chi connectivity index (χ0v) is 13.5. The van der Waals surface area contributed by atoms with E-state index in [1.165, 1.54) is 4.31 Å². The number of β-amino-alcohol motifs (C(OH)–C–C–N with tert-alkyl or cyclic N) is 1. The number of carbonyl (C=O) groups excluding carboxylic acids is 2. The molecule has 0 saturated carbocycles. The van der Waals surface area contributed by atoms with Crippen molar-refractivity contribution in [3.8, 4) is 0 Å². The summed E-state index contributed by atoms with van der Waals surface area (Å²) in [6.45, 7) is 1.64. The minimum absolute atomic E-state index is 0.113. The van der Waals surface area contributed by atoms with Crippen molar-refractivity contribution in [3.05, 3.63) is 35.4 Å². The highest BCUT2D eigenvalue weighted by Crippen LogP contribution is 2.29. The summed E-state index contributed by atoms with van der Waals surface area (Å²) in [5.74, 6) is -0.857. The fourth-order valence-corrected chi connectivity index (χ4v) is 4.02. The quantitative estimate of drug-likeness (QED) is 0.586. The molecule has 2 aliphatic rings. The summed E-state index contributed by atoms with van der Waals surface area (Å²) >= 11 is 0. The van der Waals surface area contributed by atoms with Gasteiger partial charge in [0.25, 0.3) is 11.8 Å². The molecule has 0 aliphatic carbocycles. The number of hydrogen-bond donors (Lipinski definition) is 2. The Hall–Kier alpha value is -1.77. The van der Waals surface area contributed by atoms with Crippen LogP contribution in [0.1, 0.15) is 40.5 Å². The summed E-state index contributed by atoms with van der Waals surface area (Å²) in [7, 11) is -2.82. The van der Waals surface area contributed by atoms with Crippen molar-refractivity contribution in [1.29, 1.82) is 0 Å². The molecule has 0 aromatic heterocycles. The van der Waals surface area contributed by atoms with Crippen LogP contribution >= 0.6 is 0 Å². The van der Waals surface area contributed by atoms with Gasteiger partial charge in [-0.1, -0.05) is 12.1 Å². The molecule has 1 aromatic carbocycles. The van der Waals surface area contributed by atoms with E-state index in [0.29, 0.717) is 24.0 Å². The summed E-state index contributed by atoms with van der Waals surface area (Å²) in [6.07, 6.45) is -0.263. The first-order chi connectivity index (χ1) is 10.9. The molecule has 0 bridgehead atoms. The van der Waals surface area contributed by atoms with Crippen molar-refractivity contribution in [1.82, 2.24) is 9.21 Å². The standard InChI is InChI=1S/C15H18N2O5S/c1-9-6-7-12(13(18)8-16(9)23(21)22)17-14(19)10-4-2-3-5-11(10)15(17)20/h2-5,9,12-13,18,23H,6-8H2,1H3/t9-,12+,13+/m1/s1. The molecule has 1 fully saturated rings. The van der Waals surface area contributed by atoms with E-state index in [4.69, 9.17) is 0 Å². The molecule has 2 aliphatic heterocycles. The third-order valence-corrected chi connectivity index (χ3v) is 5.55. The number of amides is 2. The zero-order valence-electron chi connectivity index (χ0n) is 12.6. The number of rotatable bonds is 2. The first-order valence-electron chi connectivity index (χ1n) is 7.47. The lowest BCUT2D eigenvalue weighted by Crippen LogP contribution is -2.49. The molecule has 0 spiro atoms. The lowest BCUT2D eigenvalue weighted by Gasteiger charge is -2.29. The summed E-state index contributed by atoms with van der Waals surface area (Å²) in [5.41, 5.74) is 0.655. The van der Waals surface area contributed by atoms with E-state index < -0.39 is 34.9 Å². The van der Waals surface area contributed by atoms with E-state index in [2.05, 4.69) is 0 Å². The second-order valence-corrected chi connectivity index (χ2v) is 6.94. The molecule has 1 N–H and O–H groups in total. The number of fused-ring (bicyclic) bond motifs is 1. The zero-order chi connectivity index (χ0) is 16.7. The molecule has 0 unspecified atom stereocenters. The normalized spacial score (nSPS) is 29.0. The highest BCUT2D eigenvalue weighted by atomic mass is 32.2. The Balaban J connectivity index is 1.91. The van der Waals surface area contributed by atoms with Crippen molar-refractivity contribution in [3.63, 3.8) is 0 Å². The molecule has 2 heterocycles. The van der Waals surface area contributed by atoms with Gasteiger partial charge in [-0.25, -0.2) is 8.42 Å². The number of nitrogens with zero attached hydrogens (tertiary/aromatic N) is 2. The molecule has 23 heavy (non-hydrogen) atoms. The lowest BCUT2D eigenvalue weighted by atomic mass is 10.0. The highest BCUT2D eigenvalue weighted by Gasteiger charge is 2.44. The van der Waals surface area contributed by atoms with Crippen molar-refractivity contribution in [2.24, 2.45) is 0 Å². The molecular weight excluding hydrogens is 320 g/mol. The van der Waals surface area contributed by atoms with Gasteiger partial charge in [0.05, 0.1) is 23.3 Å². The van der Waals surface area contributed by atoms with Crippen LogP contribution < -0.4 is 0 Å². The number of thiol groups is 1. The van der Waals surface area contributed by atoms with Crippen LogP contribution in [0.3, 0.4) is 0 Å². The predicted octanol–water partition coefficient (Wildman–Crippen LogP) is 0.0228. The molecule has 3 atom stereocenters. The third kappa shape index (κ3) is 2.66. The largest absolute Gasteiger partial charge is 0.390 e. The Bertz CT molecular complexity index is 689. The van der Waals surface area contributed by atoms with Gasteiger partial charge in [-0.2, -0.15) is 4.31 Å². The Kier molecular flexibility index (Phi) is 4.22. The fourth-order valence-electron chi connectivity index (χ4n) is 3.28. The molecular formula is C15H18N2O5S. The van der Waals surface area contributed by atoms with Crippen LogP contribution in [0.15, 0.2) is 24.3 Å². The molecule has 7 nitrogen and oxygen atoms in total. The van der Waals surface area contributed by atoms with E-state index in [1.54, 1.807) is 31.2 Å². The molecule has 1 saturated heterocycles. The number of imide groups is 1. The van der Waals surface area contributed by atoms with Gasteiger partial charge in [0.2, 0.25) is 10.9 Å². The smallest absolute Gasteiger partial charge is 0.261 e. The van der Waals surface area contributed by atoms with Crippen molar-refractivity contribution < 1.29 is 23.1 Å². The number of aliphatic hydroxyl groups is 1.